The molecule has 0 N–H and O–H groups in total. The van der Waals surface area contributed by atoms with Crippen LogP contribution in [0, 0.1) is 10.8 Å². The molecule has 0 bridgehead atoms. The molecule has 0 radical (unpaired) electrons. The van der Waals surface area contributed by atoms with Crippen LogP contribution in [0.25, 0.3) is 0 Å². The molecule has 0 atom stereocenters. The molecular weight excluding hydrogens is 183 g/mol. The summed E-state index contributed by atoms with van der Waals surface area (Å²) in [6.45, 7) is 1.98. The van der Waals surface area contributed by atoms with Crippen molar-refractivity contribution in [1.82, 2.24) is 0 Å². The molecule has 0 amide bonds. The van der Waals surface area contributed by atoms with Crippen LogP contribution >= 0.6 is 23.2 Å². The summed E-state index contributed by atoms with van der Waals surface area (Å²) in [5.41, 5.74) is -0.394. The summed E-state index contributed by atoms with van der Waals surface area (Å²) in [7, 11) is 0. The average molecular weight is 195 g/mol. The molecule has 11 heavy (non-hydrogen) atoms. The fourth-order valence-corrected chi connectivity index (χ4v) is 2.12. The second-order valence-electron chi connectivity index (χ2n) is 3.60. The van der Waals surface area contributed by atoms with Crippen molar-refractivity contribution in [2.24, 2.45) is 10.8 Å². The summed E-state index contributed by atoms with van der Waals surface area (Å²) in [5.74, 6) is 0.935. The lowest BCUT2D eigenvalue weighted by molar-refractivity contribution is -0.115. The first-order valence-corrected chi connectivity index (χ1v) is 4.79. The lowest BCUT2D eigenvalue weighted by atomic mass is 9.78. The van der Waals surface area contributed by atoms with Crippen molar-refractivity contribution in [2.75, 3.05) is 11.8 Å². The zero-order chi connectivity index (χ0) is 8.54. The Hall–Kier alpha value is 0.250. The standard InChI is InChI=1S/C8H12Cl2O/c1-7(4-9,5-10)8(6-11)2-3-8/h6H,2-5H2,1H3. The normalized spacial score (nSPS) is 21.4. The number of alkyl halides is 2. The van der Waals surface area contributed by atoms with Crippen LogP contribution in [-0.2, 0) is 4.79 Å². The van der Waals surface area contributed by atoms with Crippen molar-refractivity contribution in [3.8, 4) is 0 Å². The van der Waals surface area contributed by atoms with Crippen LogP contribution < -0.4 is 0 Å². The summed E-state index contributed by atoms with van der Waals surface area (Å²) in [6.07, 6.45) is 2.93. The van der Waals surface area contributed by atoms with Gasteiger partial charge in [0, 0.05) is 22.6 Å². The Labute approximate surface area is 77.1 Å². The van der Waals surface area contributed by atoms with Crippen LogP contribution in [0.5, 0.6) is 0 Å². The zero-order valence-electron chi connectivity index (χ0n) is 6.57. The van der Waals surface area contributed by atoms with Crippen molar-refractivity contribution >= 4 is 29.5 Å². The monoisotopic (exact) mass is 194 g/mol. The minimum absolute atomic E-state index is 0.197. The van der Waals surface area contributed by atoms with Crippen LogP contribution in [-0.4, -0.2) is 18.0 Å². The number of hydrogen-bond donors (Lipinski definition) is 0. The van der Waals surface area contributed by atoms with E-state index in [-0.39, 0.29) is 10.8 Å². The third kappa shape index (κ3) is 1.29. The summed E-state index contributed by atoms with van der Waals surface area (Å²) < 4.78 is 0. The maximum absolute atomic E-state index is 10.7. The third-order valence-electron chi connectivity index (χ3n) is 2.81. The fourth-order valence-electron chi connectivity index (χ4n) is 1.30. The molecule has 1 fully saturated rings. The van der Waals surface area contributed by atoms with Gasteiger partial charge in [0.05, 0.1) is 0 Å². The van der Waals surface area contributed by atoms with Gasteiger partial charge < -0.3 is 4.79 Å². The van der Waals surface area contributed by atoms with Gasteiger partial charge in [-0.25, -0.2) is 0 Å². The predicted molar refractivity (Wildman–Crippen MR) is 47.3 cm³/mol. The molecule has 1 nitrogen and oxygen atoms in total. The minimum atomic E-state index is -0.198. The molecule has 0 aromatic heterocycles. The molecule has 1 rings (SSSR count). The Balaban J connectivity index is 2.76. The largest absolute Gasteiger partial charge is 0.303 e. The lowest BCUT2D eigenvalue weighted by Crippen LogP contribution is -2.33. The minimum Gasteiger partial charge on any atom is -0.303 e. The van der Waals surface area contributed by atoms with E-state index in [4.69, 9.17) is 23.2 Å². The van der Waals surface area contributed by atoms with Crippen LogP contribution in [0.15, 0.2) is 0 Å². The van der Waals surface area contributed by atoms with E-state index >= 15 is 0 Å². The summed E-state index contributed by atoms with van der Waals surface area (Å²) >= 11 is 11.5. The number of carbonyl (C=O) groups excluding carboxylic acids is 1. The van der Waals surface area contributed by atoms with Crippen molar-refractivity contribution in [2.45, 2.75) is 19.8 Å². The van der Waals surface area contributed by atoms with Gasteiger partial charge in [0.25, 0.3) is 0 Å². The van der Waals surface area contributed by atoms with Gasteiger partial charge in [-0.1, -0.05) is 6.92 Å². The van der Waals surface area contributed by atoms with Gasteiger partial charge in [-0.2, -0.15) is 0 Å². The van der Waals surface area contributed by atoms with Crippen LogP contribution in [0.2, 0.25) is 0 Å². The molecule has 0 saturated heterocycles. The van der Waals surface area contributed by atoms with Crippen LogP contribution in [0.1, 0.15) is 19.8 Å². The molecule has 0 aromatic rings. The number of rotatable bonds is 4. The van der Waals surface area contributed by atoms with Crippen LogP contribution in [0.4, 0.5) is 0 Å². The quantitative estimate of drug-likeness (QED) is 0.497. The molecule has 1 aliphatic carbocycles. The first kappa shape index (κ1) is 9.34. The van der Waals surface area contributed by atoms with E-state index in [0.717, 1.165) is 19.1 Å². The molecule has 0 heterocycles. The summed E-state index contributed by atoms with van der Waals surface area (Å²) in [5, 5.41) is 0. The van der Waals surface area contributed by atoms with Crippen LogP contribution in [0.3, 0.4) is 0 Å². The number of aldehydes is 1. The Kier molecular flexibility index (Phi) is 2.50. The Bertz CT molecular complexity index is 159. The molecule has 0 aromatic carbocycles. The molecule has 64 valence electrons. The van der Waals surface area contributed by atoms with Crippen molar-refractivity contribution in [3.05, 3.63) is 0 Å². The number of halogens is 2. The Morgan fingerprint density at radius 3 is 2.00 bits per heavy atom. The van der Waals surface area contributed by atoms with Crippen molar-refractivity contribution < 1.29 is 4.79 Å². The molecule has 1 saturated carbocycles. The first-order chi connectivity index (χ1) is 5.14. The smallest absolute Gasteiger partial charge is 0.126 e. The molecule has 0 unspecified atom stereocenters. The molecule has 0 spiro atoms. The van der Waals surface area contributed by atoms with Gasteiger partial charge in [-0.3, -0.25) is 0 Å². The zero-order valence-corrected chi connectivity index (χ0v) is 8.08. The second-order valence-corrected chi connectivity index (χ2v) is 4.14. The maximum Gasteiger partial charge on any atom is 0.126 e. The Morgan fingerprint density at radius 2 is 1.91 bits per heavy atom. The van der Waals surface area contributed by atoms with Crippen molar-refractivity contribution in [3.63, 3.8) is 0 Å². The van der Waals surface area contributed by atoms with E-state index in [0.29, 0.717) is 11.8 Å². The molecular formula is C8H12Cl2O. The molecule has 3 heteroatoms. The Morgan fingerprint density at radius 1 is 1.45 bits per heavy atom. The van der Waals surface area contributed by atoms with Gasteiger partial charge in [-0.15, -0.1) is 23.2 Å². The predicted octanol–water partition coefficient (Wildman–Crippen LogP) is 2.45. The average Bonchev–Trinajstić information content (AvgIpc) is 2.83. The third-order valence-corrected chi connectivity index (χ3v) is 3.99. The summed E-state index contributed by atoms with van der Waals surface area (Å²) in [6, 6.07) is 0. The van der Waals surface area contributed by atoms with E-state index in [1.54, 1.807) is 0 Å². The number of carbonyl (C=O) groups is 1. The van der Waals surface area contributed by atoms with E-state index < -0.39 is 0 Å². The second kappa shape index (κ2) is 2.95. The van der Waals surface area contributed by atoms with Gasteiger partial charge in [0.2, 0.25) is 0 Å². The van der Waals surface area contributed by atoms with Crippen molar-refractivity contribution in [1.29, 1.82) is 0 Å². The highest BCUT2D eigenvalue weighted by Crippen LogP contribution is 2.57. The van der Waals surface area contributed by atoms with E-state index in [1.165, 1.54) is 0 Å². The topological polar surface area (TPSA) is 17.1 Å². The highest BCUT2D eigenvalue weighted by molar-refractivity contribution is 6.21. The molecule has 0 aliphatic heterocycles. The van der Waals surface area contributed by atoms with E-state index in [1.807, 2.05) is 6.92 Å². The SMILES string of the molecule is CC(CCl)(CCl)C1(C=O)CC1. The molecule has 1 aliphatic rings. The highest BCUT2D eigenvalue weighted by Gasteiger charge is 2.55. The van der Waals surface area contributed by atoms with Gasteiger partial charge in [0.1, 0.15) is 6.29 Å². The maximum atomic E-state index is 10.7. The highest BCUT2D eigenvalue weighted by atomic mass is 35.5. The lowest BCUT2D eigenvalue weighted by Gasteiger charge is -2.30. The summed E-state index contributed by atoms with van der Waals surface area (Å²) in [4.78, 5) is 10.7. The van der Waals surface area contributed by atoms with Gasteiger partial charge in [0.15, 0.2) is 0 Å². The first-order valence-electron chi connectivity index (χ1n) is 3.72. The van der Waals surface area contributed by atoms with Gasteiger partial charge >= 0.3 is 0 Å². The van der Waals surface area contributed by atoms with Gasteiger partial charge in [-0.05, 0) is 12.8 Å². The number of hydrogen-bond acceptors (Lipinski definition) is 1. The van der Waals surface area contributed by atoms with E-state index in [9.17, 15) is 4.79 Å². The fraction of sp³-hybridized carbons (Fsp3) is 0.875. The van der Waals surface area contributed by atoms with E-state index in [2.05, 4.69) is 0 Å².